The average molecular weight is 332 g/mol. The molecule has 0 aliphatic carbocycles. The molecule has 2 amide bonds. The number of rotatable bonds is 7. The van der Waals surface area contributed by atoms with Crippen LogP contribution in [0.15, 0.2) is 24.3 Å². The fraction of sp³-hybridized carbons (Fsp3) is 0.600. The minimum absolute atomic E-state index is 0.00629. The van der Waals surface area contributed by atoms with Gasteiger partial charge in [-0.25, -0.2) is 0 Å². The summed E-state index contributed by atoms with van der Waals surface area (Å²) in [6, 6.07) is 8.01. The third-order valence-electron chi connectivity index (χ3n) is 4.03. The maximum absolute atomic E-state index is 11.9. The summed E-state index contributed by atoms with van der Waals surface area (Å²) in [7, 11) is 0. The number of carbonyl (C=O) groups excluding carboxylic acids is 2. The molecule has 0 aromatic heterocycles. The Balaban J connectivity index is 2.64. The smallest absolute Gasteiger partial charge is 0.223 e. The van der Waals surface area contributed by atoms with E-state index in [2.05, 4.69) is 39.9 Å². The minimum atomic E-state index is -0.0477. The van der Waals surface area contributed by atoms with E-state index in [4.69, 9.17) is 0 Å². The number of hydrogen-bond donors (Lipinski definition) is 1. The standard InChI is InChI=1S/C20H32N2O2/c1-15(2)11-13-21-19(24)12-14-22(16(3)23)18-9-7-17(8-10-18)20(4,5)6/h7-10,15H,11-14H2,1-6H3,(H,21,24). The van der Waals surface area contributed by atoms with E-state index in [-0.39, 0.29) is 17.2 Å². The van der Waals surface area contributed by atoms with E-state index in [1.54, 1.807) is 4.90 Å². The molecule has 0 aliphatic rings. The Morgan fingerprint density at radius 2 is 1.71 bits per heavy atom. The molecule has 0 bridgehead atoms. The lowest BCUT2D eigenvalue weighted by molar-refractivity contribution is -0.121. The molecule has 24 heavy (non-hydrogen) atoms. The van der Waals surface area contributed by atoms with Gasteiger partial charge in [0.25, 0.3) is 0 Å². The van der Waals surface area contributed by atoms with Crippen LogP contribution in [0.2, 0.25) is 0 Å². The van der Waals surface area contributed by atoms with Crippen molar-refractivity contribution in [1.82, 2.24) is 5.32 Å². The zero-order valence-electron chi connectivity index (χ0n) is 16.0. The van der Waals surface area contributed by atoms with Gasteiger partial charge in [-0.1, -0.05) is 46.8 Å². The van der Waals surface area contributed by atoms with Crippen LogP contribution in [0.1, 0.15) is 59.9 Å². The fourth-order valence-corrected chi connectivity index (χ4v) is 2.41. The molecule has 0 fully saturated rings. The van der Waals surface area contributed by atoms with Crippen molar-refractivity contribution in [2.24, 2.45) is 5.92 Å². The number of amides is 2. The maximum atomic E-state index is 11.9. The number of nitrogens with one attached hydrogen (secondary N) is 1. The van der Waals surface area contributed by atoms with E-state index >= 15 is 0 Å². The van der Waals surface area contributed by atoms with Gasteiger partial charge in [0.15, 0.2) is 0 Å². The van der Waals surface area contributed by atoms with Gasteiger partial charge in [-0.3, -0.25) is 9.59 Å². The van der Waals surface area contributed by atoms with Crippen molar-refractivity contribution in [2.45, 2.75) is 59.8 Å². The first-order chi connectivity index (χ1) is 11.1. The SMILES string of the molecule is CC(=O)N(CCC(=O)NCCC(C)C)c1ccc(C(C)(C)C)cc1. The molecular weight excluding hydrogens is 300 g/mol. The third kappa shape index (κ3) is 6.73. The summed E-state index contributed by atoms with van der Waals surface area (Å²) in [5, 5.41) is 2.91. The van der Waals surface area contributed by atoms with Crippen LogP contribution in [0, 0.1) is 5.92 Å². The number of nitrogens with zero attached hydrogens (tertiary/aromatic N) is 1. The zero-order valence-corrected chi connectivity index (χ0v) is 16.0. The Morgan fingerprint density at radius 1 is 1.12 bits per heavy atom. The van der Waals surface area contributed by atoms with Crippen molar-refractivity contribution < 1.29 is 9.59 Å². The molecule has 4 nitrogen and oxygen atoms in total. The van der Waals surface area contributed by atoms with Crippen molar-refractivity contribution >= 4 is 17.5 Å². The van der Waals surface area contributed by atoms with Gasteiger partial charge in [0, 0.05) is 32.1 Å². The first-order valence-corrected chi connectivity index (χ1v) is 8.76. The van der Waals surface area contributed by atoms with Crippen LogP contribution in [-0.2, 0) is 15.0 Å². The molecule has 0 saturated heterocycles. The molecule has 1 aromatic rings. The molecule has 0 atom stereocenters. The van der Waals surface area contributed by atoms with Crippen LogP contribution in [0.25, 0.3) is 0 Å². The average Bonchev–Trinajstić information content (AvgIpc) is 2.46. The highest BCUT2D eigenvalue weighted by atomic mass is 16.2. The van der Waals surface area contributed by atoms with Crippen LogP contribution >= 0.6 is 0 Å². The summed E-state index contributed by atoms with van der Waals surface area (Å²) in [5.41, 5.74) is 2.14. The van der Waals surface area contributed by atoms with Gasteiger partial charge >= 0.3 is 0 Å². The zero-order chi connectivity index (χ0) is 18.3. The van der Waals surface area contributed by atoms with Gasteiger partial charge in [0.2, 0.25) is 11.8 Å². The first kappa shape index (κ1) is 20.2. The Labute approximate surface area is 146 Å². The second-order valence-corrected chi connectivity index (χ2v) is 7.75. The van der Waals surface area contributed by atoms with Gasteiger partial charge in [0.1, 0.15) is 0 Å². The fourth-order valence-electron chi connectivity index (χ4n) is 2.41. The molecule has 1 aromatic carbocycles. The van der Waals surface area contributed by atoms with Crippen molar-refractivity contribution in [1.29, 1.82) is 0 Å². The van der Waals surface area contributed by atoms with Crippen LogP contribution < -0.4 is 10.2 Å². The Hall–Kier alpha value is -1.84. The molecule has 0 heterocycles. The maximum Gasteiger partial charge on any atom is 0.223 e. The van der Waals surface area contributed by atoms with E-state index in [9.17, 15) is 9.59 Å². The molecular formula is C20H32N2O2. The number of anilines is 1. The number of benzene rings is 1. The summed E-state index contributed by atoms with van der Waals surface area (Å²) in [6.07, 6.45) is 1.29. The molecule has 1 N–H and O–H groups in total. The normalized spacial score (nSPS) is 11.5. The van der Waals surface area contributed by atoms with Crippen LogP contribution in [0.4, 0.5) is 5.69 Å². The topological polar surface area (TPSA) is 49.4 Å². The van der Waals surface area contributed by atoms with Crippen LogP contribution in [0.3, 0.4) is 0 Å². The van der Waals surface area contributed by atoms with Crippen molar-refractivity contribution in [3.63, 3.8) is 0 Å². The Kier molecular flexibility index (Phi) is 7.46. The Morgan fingerprint density at radius 3 is 2.17 bits per heavy atom. The van der Waals surface area contributed by atoms with Gasteiger partial charge in [-0.05, 0) is 35.4 Å². The van der Waals surface area contributed by atoms with E-state index in [1.165, 1.54) is 12.5 Å². The highest BCUT2D eigenvalue weighted by molar-refractivity contribution is 5.92. The van der Waals surface area contributed by atoms with Crippen molar-refractivity contribution in [2.75, 3.05) is 18.0 Å². The number of carbonyl (C=O) groups is 2. The van der Waals surface area contributed by atoms with Crippen molar-refractivity contribution in [3.05, 3.63) is 29.8 Å². The van der Waals surface area contributed by atoms with E-state index in [0.29, 0.717) is 25.4 Å². The minimum Gasteiger partial charge on any atom is -0.356 e. The number of hydrogen-bond acceptors (Lipinski definition) is 2. The first-order valence-electron chi connectivity index (χ1n) is 8.76. The van der Waals surface area contributed by atoms with Gasteiger partial charge in [-0.15, -0.1) is 0 Å². The highest BCUT2D eigenvalue weighted by Crippen LogP contribution is 2.25. The molecule has 134 valence electrons. The van der Waals surface area contributed by atoms with Crippen molar-refractivity contribution in [3.8, 4) is 0 Å². The van der Waals surface area contributed by atoms with Crippen LogP contribution in [0.5, 0.6) is 0 Å². The second-order valence-electron chi connectivity index (χ2n) is 7.75. The summed E-state index contributed by atoms with van der Waals surface area (Å²) in [5.74, 6) is 0.516. The molecule has 0 spiro atoms. The molecule has 0 unspecified atom stereocenters. The highest BCUT2D eigenvalue weighted by Gasteiger charge is 2.16. The van der Waals surface area contributed by atoms with Gasteiger partial charge in [-0.2, -0.15) is 0 Å². The predicted octanol–water partition coefficient (Wildman–Crippen LogP) is 3.89. The summed E-state index contributed by atoms with van der Waals surface area (Å²) in [6.45, 7) is 13.4. The molecule has 0 saturated carbocycles. The van der Waals surface area contributed by atoms with E-state index in [0.717, 1.165) is 12.1 Å². The Bertz CT molecular complexity index is 542. The lowest BCUT2D eigenvalue weighted by atomic mass is 9.87. The monoisotopic (exact) mass is 332 g/mol. The molecule has 0 aliphatic heterocycles. The van der Waals surface area contributed by atoms with Gasteiger partial charge in [0.05, 0.1) is 0 Å². The molecule has 0 radical (unpaired) electrons. The molecule has 4 heteroatoms. The lowest BCUT2D eigenvalue weighted by Gasteiger charge is -2.23. The second kappa shape index (κ2) is 8.86. The summed E-state index contributed by atoms with van der Waals surface area (Å²) >= 11 is 0. The third-order valence-corrected chi connectivity index (χ3v) is 4.03. The van der Waals surface area contributed by atoms with E-state index < -0.39 is 0 Å². The quantitative estimate of drug-likeness (QED) is 0.823. The summed E-state index contributed by atoms with van der Waals surface area (Å²) < 4.78 is 0. The molecule has 1 rings (SSSR count). The van der Waals surface area contributed by atoms with Crippen LogP contribution in [-0.4, -0.2) is 24.9 Å². The largest absolute Gasteiger partial charge is 0.356 e. The van der Waals surface area contributed by atoms with Gasteiger partial charge < -0.3 is 10.2 Å². The lowest BCUT2D eigenvalue weighted by Crippen LogP contribution is -2.34. The summed E-state index contributed by atoms with van der Waals surface area (Å²) in [4.78, 5) is 25.5. The van der Waals surface area contributed by atoms with E-state index in [1.807, 2.05) is 24.3 Å². The predicted molar refractivity (Wildman–Crippen MR) is 100 cm³/mol.